The summed E-state index contributed by atoms with van der Waals surface area (Å²) >= 11 is 0. The van der Waals surface area contributed by atoms with Crippen LogP contribution in [0.1, 0.15) is 34.8 Å². The number of aromatic nitrogens is 1. The third-order valence-corrected chi connectivity index (χ3v) is 3.37. The highest BCUT2D eigenvalue weighted by Crippen LogP contribution is 2.07. The maximum absolute atomic E-state index is 11.7. The van der Waals surface area contributed by atoms with Crippen molar-refractivity contribution in [1.82, 2.24) is 10.3 Å². The fourth-order valence-electron chi connectivity index (χ4n) is 2.13. The number of esters is 1. The van der Waals surface area contributed by atoms with E-state index in [9.17, 15) is 9.59 Å². The quantitative estimate of drug-likeness (QED) is 0.579. The number of nitrogens with zero attached hydrogens (tertiary/aromatic N) is 1. The molecule has 6 heteroatoms. The van der Waals surface area contributed by atoms with Gasteiger partial charge in [-0.05, 0) is 30.5 Å². The predicted molar refractivity (Wildman–Crippen MR) is 98.5 cm³/mol. The molecule has 1 aromatic carbocycles. The first-order valence-electron chi connectivity index (χ1n) is 8.42. The highest BCUT2D eigenvalue weighted by Gasteiger charge is 2.06. The molecule has 0 aliphatic heterocycles. The van der Waals surface area contributed by atoms with Crippen LogP contribution in [-0.2, 0) is 16.1 Å². The summed E-state index contributed by atoms with van der Waals surface area (Å²) in [5.74, 6) is -0.391. The number of pyridine rings is 1. The Hall–Kier alpha value is -3.15. The van der Waals surface area contributed by atoms with Gasteiger partial charge in [-0.3, -0.25) is 4.98 Å². The zero-order valence-corrected chi connectivity index (χ0v) is 14.7. The maximum atomic E-state index is 11.7. The van der Waals surface area contributed by atoms with E-state index >= 15 is 0 Å². The van der Waals surface area contributed by atoms with Crippen LogP contribution in [0.4, 0.5) is 4.79 Å². The van der Waals surface area contributed by atoms with Gasteiger partial charge in [0.2, 0.25) is 0 Å². The molecule has 0 unspecified atom stereocenters. The van der Waals surface area contributed by atoms with Crippen molar-refractivity contribution in [1.29, 1.82) is 0 Å². The number of hydrogen-bond donors (Lipinski definition) is 1. The average Bonchev–Trinajstić information content (AvgIpc) is 2.67. The molecule has 0 bridgehead atoms. The second kappa shape index (κ2) is 10.7. The van der Waals surface area contributed by atoms with Gasteiger partial charge >= 0.3 is 12.1 Å². The molecule has 136 valence electrons. The van der Waals surface area contributed by atoms with Gasteiger partial charge in [0.1, 0.15) is 6.61 Å². The molecule has 0 aliphatic carbocycles. The van der Waals surface area contributed by atoms with Gasteiger partial charge in [0.05, 0.1) is 12.2 Å². The van der Waals surface area contributed by atoms with E-state index in [4.69, 9.17) is 9.47 Å². The lowest BCUT2D eigenvalue weighted by Gasteiger charge is -2.06. The Labute approximate surface area is 152 Å². The van der Waals surface area contributed by atoms with Crippen LogP contribution in [0.25, 0.3) is 6.08 Å². The van der Waals surface area contributed by atoms with E-state index in [1.54, 1.807) is 19.2 Å². The van der Waals surface area contributed by atoms with E-state index in [-0.39, 0.29) is 6.61 Å². The number of hydrogen-bond acceptors (Lipinski definition) is 5. The molecular formula is C20H22N2O4. The van der Waals surface area contributed by atoms with Gasteiger partial charge in [0.25, 0.3) is 0 Å². The van der Waals surface area contributed by atoms with Gasteiger partial charge in [-0.1, -0.05) is 42.5 Å². The van der Waals surface area contributed by atoms with Gasteiger partial charge in [0.15, 0.2) is 0 Å². The Balaban J connectivity index is 1.69. The minimum atomic E-state index is -0.451. The van der Waals surface area contributed by atoms with E-state index in [0.29, 0.717) is 25.1 Å². The summed E-state index contributed by atoms with van der Waals surface area (Å²) in [4.78, 5) is 27.3. The zero-order valence-electron chi connectivity index (χ0n) is 14.7. The van der Waals surface area contributed by atoms with E-state index in [1.165, 1.54) is 6.20 Å². The first-order valence-corrected chi connectivity index (χ1v) is 8.42. The standard InChI is InChI=1S/C20H22N2O4/c1-2-25-19(23)18-12-17(13-21-14-18)10-6-7-11-22-20(24)26-15-16-8-4-3-5-9-16/h3-6,8-10,12-14H,2,7,11,15H2,1H3,(H,22,24). The fourth-order valence-corrected chi connectivity index (χ4v) is 2.13. The van der Waals surface area contributed by atoms with Crippen molar-refractivity contribution >= 4 is 18.1 Å². The monoisotopic (exact) mass is 354 g/mol. The molecular weight excluding hydrogens is 332 g/mol. The molecule has 2 aromatic rings. The van der Waals surface area contributed by atoms with Gasteiger partial charge in [-0.25, -0.2) is 9.59 Å². The second-order valence-electron chi connectivity index (χ2n) is 5.41. The Bertz CT molecular complexity index is 744. The molecule has 1 N–H and O–H groups in total. The highest BCUT2D eigenvalue weighted by atomic mass is 16.5. The normalized spacial score (nSPS) is 10.5. The van der Waals surface area contributed by atoms with Crippen molar-refractivity contribution in [2.24, 2.45) is 0 Å². The van der Waals surface area contributed by atoms with E-state index in [0.717, 1.165) is 11.1 Å². The number of nitrogens with one attached hydrogen (secondary N) is 1. The van der Waals surface area contributed by atoms with Crippen molar-refractivity contribution in [3.8, 4) is 0 Å². The van der Waals surface area contributed by atoms with Crippen LogP contribution in [0.3, 0.4) is 0 Å². The number of ether oxygens (including phenoxy) is 2. The average molecular weight is 354 g/mol. The molecule has 0 spiro atoms. The molecule has 0 saturated carbocycles. The van der Waals surface area contributed by atoms with Crippen molar-refractivity contribution in [2.45, 2.75) is 20.0 Å². The highest BCUT2D eigenvalue weighted by molar-refractivity contribution is 5.89. The summed E-state index contributed by atoms with van der Waals surface area (Å²) in [6.45, 7) is 2.78. The number of alkyl carbamates (subject to hydrolysis) is 1. The third kappa shape index (κ3) is 6.76. The first kappa shape index (κ1) is 19.2. The number of benzene rings is 1. The number of carbonyl (C=O) groups excluding carboxylic acids is 2. The third-order valence-electron chi connectivity index (χ3n) is 3.37. The molecule has 0 atom stereocenters. The molecule has 0 aliphatic rings. The van der Waals surface area contributed by atoms with Crippen LogP contribution in [0.5, 0.6) is 0 Å². The Kier molecular flexibility index (Phi) is 7.86. The Morgan fingerprint density at radius 2 is 1.96 bits per heavy atom. The van der Waals surface area contributed by atoms with E-state index < -0.39 is 12.1 Å². The van der Waals surface area contributed by atoms with Crippen molar-refractivity contribution in [3.05, 3.63) is 71.6 Å². The molecule has 0 fully saturated rings. The van der Waals surface area contributed by atoms with Crippen LogP contribution < -0.4 is 5.32 Å². The van der Waals surface area contributed by atoms with Crippen LogP contribution in [0, 0.1) is 0 Å². The second-order valence-corrected chi connectivity index (χ2v) is 5.41. The zero-order chi connectivity index (χ0) is 18.6. The van der Waals surface area contributed by atoms with Gasteiger partial charge in [-0.2, -0.15) is 0 Å². The summed E-state index contributed by atoms with van der Waals surface area (Å²) in [5.41, 5.74) is 2.15. The molecule has 6 nitrogen and oxygen atoms in total. The summed E-state index contributed by atoms with van der Waals surface area (Å²) in [6.07, 6.45) is 7.04. The van der Waals surface area contributed by atoms with Crippen molar-refractivity contribution in [2.75, 3.05) is 13.2 Å². The predicted octanol–water partition coefficient (Wildman–Crippen LogP) is 3.59. The molecule has 26 heavy (non-hydrogen) atoms. The molecule has 2 rings (SSSR count). The SMILES string of the molecule is CCOC(=O)c1cncc(C=CCCNC(=O)OCc2ccccc2)c1. The molecule has 0 saturated heterocycles. The molecule has 0 radical (unpaired) electrons. The summed E-state index contributed by atoms with van der Waals surface area (Å²) < 4.78 is 10.1. The van der Waals surface area contributed by atoms with Gasteiger partial charge in [0, 0.05) is 18.9 Å². The van der Waals surface area contributed by atoms with Crippen LogP contribution >= 0.6 is 0 Å². The first-order chi connectivity index (χ1) is 12.7. The van der Waals surface area contributed by atoms with E-state index in [2.05, 4.69) is 10.3 Å². The molecule has 1 amide bonds. The van der Waals surface area contributed by atoms with Crippen molar-refractivity contribution in [3.63, 3.8) is 0 Å². The van der Waals surface area contributed by atoms with Gasteiger partial charge < -0.3 is 14.8 Å². The number of rotatable bonds is 8. The lowest BCUT2D eigenvalue weighted by Crippen LogP contribution is -2.24. The smallest absolute Gasteiger partial charge is 0.407 e. The summed E-state index contributed by atoms with van der Waals surface area (Å²) in [7, 11) is 0. The minimum absolute atomic E-state index is 0.245. The Morgan fingerprint density at radius 1 is 1.15 bits per heavy atom. The minimum Gasteiger partial charge on any atom is -0.462 e. The van der Waals surface area contributed by atoms with E-state index in [1.807, 2.05) is 42.5 Å². The summed E-state index contributed by atoms with van der Waals surface area (Å²) in [6, 6.07) is 11.2. The molecule has 1 aromatic heterocycles. The largest absolute Gasteiger partial charge is 0.462 e. The maximum Gasteiger partial charge on any atom is 0.407 e. The van der Waals surface area contributed by atoms with Crippen LogP contribution in [0.2, 0.25) is 0 Å². The number of amides is 1. The fraction of sp³-hybridized carbons (Fsp3) is 0.250. The molecule has 1 heterocycles. The lowest BCUT2D eigenvalue weighted by molar-refractivity contribution is 0.0525. The van der Waals surface area contributed by atoms with Crippen LogP contribution in [-0.4, -0.2) is 30.2 Å². The van der Waals surface area contributed by atoms with Gasteiger partial charge in [-0.15, -0.1) is 0 Å². The lowest BCUT2D eigenvalue weighted by atomic mass is 10.2. The summed E-state index contributed by atoms with van der Waals surface area (Å²) in [5, 5.41) is 2.68. The Morgan fingerprint density at radius 3 is 2.73 bits per heavy atom. The number of carbonyl (C=O) groups is 2. The van der Waals surface area contributed by atoms with Crippen molar-refractivity contribution < 1.29 is 19.1 Å². The topological polar surface area (TPSA) is 77.5 Å². The van der Waals surface area contributed by atoms with Crippen LogP contribution in [0.15, 0.2) is 54.9 Å².